The summed E-state index contributed by atoms with van der Waals surface area (Å²) in [5.74, 6) is 0.167. The van der Waals surface area contributed by atoms with Gasteiger partial charge in [0.1, 0.15) is 5.78 Å². The fraction of sp³-hybridized carbons (Fsp3) is 0.857. The van der Waals surface area contributed by atoms with Crippen LogP contribution in [0.1, 0.15) is 40.5 Å². The molecule has 0 aromatic heterocycles. The summed E-state index contributed by atoms with van der Waals surface area (Å²) in [4.78, 5) is 9.44. The molecule has 0 rings (SSSR count). The summed E-state index contributed by atoms with van der Waals surface area (Å²) in [5, 5.41) is 0. The van der Waals surface area contributed by atoms with Crippen molar-refractivity contribution in [1.29, 1.82) is 0 Å². The van der Waals surface area contributed by atoms with Crippen LogP contribution in [0.5, 0.6) is 0 Å². The Labute approximate surface area is 52.1 Å². The quantitative estimate of drug-likeness (QED) is 0.514. The third kappa shape index (κ3) is 275. The van der Waals surface area contributed by atoms with Crippen LogP contribution in [0.4, 0.5) is 0 Å². The largest absolute Gasteiger partial charge is 0.300 e. The molecule has 50 valence electrons. The van der Waals surface area contributed by atoms with Crippen molar-refractivity contribution in [2.75, 3.05) is 0 Å². The van der Waals surface area contributed by atoms with Gasteiger partial charge in [-0.05, 0) is 13.8 Å². The van der Waals surface area contributed by atoms with Crippen LogP contribution in [0.2, 0.25) is 0 Å². The van der Waals surface area contributed by atoms with Gasteiger partial charge in [-0.1, -0.05) is 26.7 Å². The number of rotatable bonds is 1. The average Bonchev–Trinajstić information content (AvgIpc) is 1.65. The number of carbonyl (C=O) groups excluding carboxylic acids is 1. The highest BCUT2D eigenvalue weighted by Gasteiger charge is 1.62. The maximum atomic E-state index is 9.44. The Balaban J connectivity index is 0. The summed E-state index contributed by atoms with van der Waals surface area (Å²) in [6, 6.07) is 0. The van der Waals surface area contributed by atoms with Gasteiger partial charge < -0.3 is 4.79 Å². The molecule has 1 heteroatoms. The molecule has 1 nitrogen and oxygen atoms in total. The Morgan fingerprint density at radius 2 is 1.25 bits per heavy atom. The molecule has 8 heavy (non-hydrogen) atoms. The fourth-order valence-electron chi connectivity index (χ4n) is 0. The van der Waals surface area contributed by atoms with Crippen molar-refractivity contribution < 1.29 is 4.79 Å². The van der Waals surface area contributed by atoms with Gasteiger partial charge in [-0.25, -0.2) is 0 Å². The molecule has 0 aromatic rings. The second-order valence-corrected chi connectivity index (χ2v) is 1.91. The van der Waals surface area contributed by atoms with E-state index in [4.69, 9.17) is 0 Å². The Hall–Kier alpha value is -0.330. The molecular formula is C7H16O. The van der Waals surface area contributed by atoms with Crippen molar-refractivity contribution in [2.45, 2.75) is 40.5 Å². The molecule has 0 aliphatic carbocycles. The number of hydrogen-bond donors (Lipinski definition) is 0. The summed E-state index contributed by atoms with van der Waals surface area (Å²) in [7, 11) is 0. The minimum absolute atomic E-state index is 0.167. The molecule has 0 aliphatic heterocycles. The van der Waals surface area contributed by atoms with E-state index in [1.165, 1.54) is 26.7 Å². The first-order chi connectivity index (χ1) is 3.65. The monoisotopic (exact) mass is 116 g/mol. The van der Waals surface area contributed by atoms with Gasteiger partial charge >= 0.3 is 0 Å². The van der Waals surface area contributed by atoms with Crippen LogP contribution in [-0.2, 0) is 4.79 Å². The minimum atomic E-state index is 0.167. The van der Waals surface area contributed by atoms with Crippen molar-refractivity contribution in [1.82, 2.24) is 0 Å². The van der Waals surface area contributed by atoms with Gasteiger partial charge in [-0.15, -0.1) is 0 Å². The normalized spacial score (nSPS) is 7.00. The number of carbonyl (C=O) groups is 1. The summed E-state index contributed by atoms with van der Waals surface area (Å²) in [6.07, 6.45) is 2.64. The van der Waals surface area contributed by atoms with Gasteiger partial charge in [0.25, 0.3) is 0 Å². The van der Waals surface area contributed by atoms with Crippen molar-refractivity contribution in [3.05, 3.63) is 0 Å². The smallest absolute Gasteiger partial charge is 0.126 e. The molecule has 0 bridgehead atoms. The van der Waals surface area contributed by atoms with Crippen LogP contribution < -0.4 is 0 Å². The number of hydrogen-bond acceptors (Lipinski definition) is 1. The lowest BCUT2D eigenvalue weighted by molar-refractivity contribution is -0.114. The lowest BCUT2D eigenvalue weighted by atomic mass is 10.4. The van der Waals surface area contributed by atoms with E-state index in [0.717, 1.165) is 0 Å². The molecule has 0 aromatic carbocycles. The van der Waals surface area contributed by atoms with Crippen molar-refractivity contribution in [3.8, 4) is 0 Å². The van der Waals surface area contributed by atoms with E-state index in [1.54, 1.807) is 0 Å². The number of unbranched alkanes of at least 4 members (excludes halogenated alkanes) is 1. The third-order valence-electron chi connectivity index (χ3n) is 0.500. The van der Waals surface area contributed by atoms with E-state index in [9.17, 15) is 4.79 Å². The van der Waals surface area contributed by atoms with E-state index in [1.807, 2.05) is 0 Å². The molecule has 0 aliphatic rings. The van der Waals surface area contributed by atoms with E-state index in [2.05, 4.69) is 13.8 Å². The van der Waals surface area contributed by atoms with Crippen LogP contribution in [0.15, 0.2) is 0 Å². The van der Waals surface area contributed by atoms with Crippen molar-refractivity contribution >= 4 is 5.78 Å². The standard InChI is InChI=1S/C4H10.C3H6O/c1-3-4-2;1-3(2)4/h3-4H2,1-2H3;1-2H3. The first-order valence-corrected chi connectivity index (χ1v) is 3.12. The molecule has 0 heterocycles. The molecule has 0 fully saturated rings. The molecule has 0 radical (unpaired) electrons. The summed E-state index contributed by atoms with van der Waals surface area (Å²) < 4.78 is 0. The first-order valence-electron chi connectivity index (χ1n) is 3.12. The molecule has 0 saturated carbocycles. The molecule has 0 unspecified atom stereocenters. The van der Waals surface area contributed by atoms with E-state index in [0.29, 0.717) is 0 Å². The highest BCUT2D eigenvalue weighted by atomic mass is 16.1. The molecule has 0 atom stereocenters. The fourth-order valence-corrected chi connectivity index (χ4v) is 0. The SMILES string of the molecule is CC(C)=O.CCCC. The zero-order valence-corrected chi connectivity index (χ0v) is 6.32. The lowest BCUT2D eigenvalue weighted by Gasteiger charge is -1.68. The highest BCUT2D eigenvalue weighted by Crippen LogP contribution is 1.76. The maximum absolute atomic E-state index is 9.44. The Bertz CT molecular complexity index is 42.3. The van der Waals surface area contributed by atoms with Gasteiger partial charge in [0.2, 0.25) is 0 Å². The summed E-state index contributed by atoms with van der Waals surface area (Å²) in [5.41, 5.74) is 0. The van der Waals surface area contributed by atoms with Gasteiger partial charge in [-0.2, -0.15) is 0 Å². The third-order valence-corrected chi connectivity index (χ3v) is 0.500. The molecule has 0 spiro atoms. The molecular weight excluding hydrogens is 100 g/mol. The molecule has 0 saturated heterocycles. The van der Waals surface area contributed by atoms with E-state index in [-0.39, 0.29) is 5.78 Å². The average molecular weight is 116 g/mol. The highest BCUT2D eigenvalue weighted by molar-refractivity contribution is 5.72. The second-order valence-electron chi connectivity index (χ2n) is 1.91. The van der Waals surface area contributed by atoms with E-state index < -0.39 is 0 Å². The minimum Gasteiger partial charge on any atom is -0.300 e. The van der Waals surface area contributed by atoms with Crippen LogP contribution in [-0.4, -0.2) is 5.78 Å². The Kier molecular flexibility index (Phi) is 13.0. The Morgan fingerprint density at radius 1 is 1.12 bits per heavy atom. The first kappa shape index (κ1) is 10.6. The summed E-state index contributed by atoms with van der Waals surface area (Å²) >= 11 is 0. The topological polar surface area (TPSA) is 17.1 Å². The van der Waals surface area contributed by atoms with Gasteiger partial charge in [0.05, 0.1) is 0 Å². The number of Topliss-reactive ketones (excluding diaryl/α,β-unsaturated/α-hetero) is 1. The lowest BCUT2D eigenvalue weighted by Crippen LogP contribution is -1.69. The van der Waals surface area contributed by atoms with Crippen LogP contribution in [0.25, 0.3) is 0 Å². The zero-order valence-electron chi connectivity index (χ0n) is 6.32. The molecule has 0 amide bonds. The van der Waals surface area contributed by atoms with Gasteiger partial charge in [-0.3, -0.25) is 0 Å². The van der Waals surface area contributed by atoms with E-state index >= 15 is 0 Å². The number of ketones is 1. The second kappa shape index (κ2) is 9.83. The predicted octanol–water partition coefficient (Wildman–Crippen LogP) is 2.40. The van der Waals surface area contributed by atoms with Gasteiger partial charge in [0.15, 0.2) is 0 Å². The van der Waals surface area contributed by atoms with Crippen LogP contribution >= 0.6 is 0 Å². The predicted molar refractivity (Wildman–Crippen MR) is 36.9 cm³/mol. The molecule has 0 N–H and O–H groups in total. The van der Waals surface area contributed by atoms with Crippen LogP contribution in [0.3, 0.4) is 0 Å². The van der Waals surface area contributed by atoms with Crippen molar-refractivity contribution in [3.63, 3.8) is 0 Å². The van der Waals surface area contributed by atoms with Crippen molar-refractivity contribution in [2.24, 2.45) is 0 Å². The van der Waals surface area contributed by atoms with Gasteiger partial charge in [0, 0.05) is 0 Å². The van der Waals surface area contributed by atoms with Crippen LogP contribution in [0, 0.1) is 0 Å². The maximum Gasteiger partial charge on any atom is 0.126 e. The zero-order chi connectivity index (χ0) is 6.99. The summed E-state index contributed by atoms with van der Waals surface area (Å²) in [6.45, 7) is 7.42. The Morgan fingerprint density at radius 3 is 1.25 bits per heavy atom.